The van der Waals surface area contributed by atoms with Gasteiger partial charge in [0.2, 0.25) is 0 Å². The fraction of sp³-hybridized carbons (Fsp3) is 0.111. The van der Waals surface area contributed by atoms with E-state index >= 15 is 0 Å². The van der Waals surface area contributed by atoms with Crippen molar-refractivity contribution in [3.63, 3.8) is 0 Å². The summed E-state index contributed by atoms with van der Waals surface area (Å²) in [6.45, 7) is 1.98. The number of aromatic nitrogens is 1. The summed E-state index contributed by atoms with van der Waals surface area (Å²) >= 11 is 0. The maximum absolute atomic E-state index is 12.1. The van der Waals surface area contributed by atoms with Gasteiger partial charge in [0.05, 0.1) is 6.54 Å². The molecule has 0 spiro atoms. The zero-order chi connectivity index (χ0) is 16.2. The molecule has 0 bridgehead atoms. The van der Waals surface area contributed by atoms with Gasteiger partial charge in [-0.15, -0.1) is 0 Å². The first-order chi connectivity index (χ1) is 11.1. The number of carbonyl (C=O) groups is 1. The number of rotatable bonds is 4. The maximum Gasteiger partial charge on any atom is 0.260 e. The molecule has 2 N–H and O–H groups in total. The number of aromatic amines is 1. The lowest BCUT2D eigenvalue weighted by Gasteiger charge is -2.03. The Morgan fingerprint density at radius 2 is 1.87 bits per heavy atom. The number of nitrogens with one attached hydrogen (secondary N) is 2. The van der Waals surface area contributed by atoms with Gasteiger partial charge in [-0.2, -0.15) is 0 Å². The average molecular weight is 308 g/mol. The highest BCUT2D eigenvalue weighted by Gasteiger charge is 2.11. The van der Waals surface area contributed by atoms with Crippen molar-refractivity contribution in [1.82, 2.24) is 10.3 Å². The van der Waals surface area contributed by atoms with E-state index in [0.717, 1.165) is 11.3 Å². The van der Waals surface area contributed by atoms with Gasteiger partial charge in [-0.05, 0) is 31.2 Å². The lowest BCUT2D eigenvalue weighted by Crippen LogP contribution is -2.29. The Balaban J connectivity index is 1.68. The molecule has 0 saturated carbocycles. The zero-order valence-corrected chi connectivity index (χ0v) is 12.6. The minimum Gasteiger partial charge on any atom is -0.459 e. The lowest BCUT2D eigenvalue weighted by atomic mass is 10.2. The van der Waals surface area contributed by atoms with Gasteiger partial charge in [0, 0.05) is 11.3 Å². The van der Waals surface area contributed by atoms with Crippen LogP contribution in [0.1, 0.15) is 21.8 Å². The normalized spacial score (nSPS) is 10.5. The molecule has 0 fully saturated rings. The minimum absolute atomic E-state index is 0.0884. The summed E-state index contributed by atoms with van der Waals surface area (Å²) in [5, 5.41) is 2.69. The average Bonchev–Trinajstić information content (AvgIpc) is 3.02. The van der Waals surface area contributed by atoms with Crippen molar-refractivity contribution >= 4 is 5.91 Å². The molecule has 23 heavy (non-hydrogen) atoms. The molecule has 0 unspecified atom stereocenters. The van der Waals surface area contributed by atoms with E-state index in [9.17, 15) is 9.59 Å². The van der Waals surface area contributed by atoms with Crippen LogP contribution in [-0.2, 0) is 6.54 Å². The molecule has 5 heteroatoms. The third kappa shape index (κ3) is 3.40. The summed E-state index contributed by atoms with van der Waals surface area (Å²) in [6.07, 6.45) is 0. The predicted octanol–water partition coefficient (Wildman–Crippen LogP) is 2.87. The molecular formula is C18H16N2O3. The molecule has 1 amide bonds. The van der Waals surface area contributed by atoms with E-state index in [1.54, 1.807) is 13.0 Å². The smallest absolute Gasteiger partial charge is 0.260 e. The highest BCUT2D eigenvalue weighted by Crippen LogP contribution is 2.21. The van der Waals surface area contributed by atoms with Gasteiger partial charge in [0.15, 0.2) is 0 Å². The number of furan rings is 1. The van der Waals surface area contributed by atoms with Gasteiger partial charge in [-0.3, -0.25) is 9.59 Å². The SMILES string of the molecule is Cc1ccc(C(=O)NCc2ccc(-c3ccccc3)o2)c(=O)[nH]1. The Labute approximate surface area is 133 Å². The second-order valence-electron chi connectivity index (χ2n) is 5.20. The van der Waals surface area contributed by atoms with E-state index in [-0.39, 0.29) is 12.1 Å². The zero-order valence-electron chi connectivity index (χ0n) is 12.6. The van der Waals surface area contributed by atoms with Crippen molar-refractivity contribution < 1.29 is 9.21 Å². The van der Waals surface area contributed by atoms with Crippen molar-refractivity contribution in [1.29, 1.82) is 0 Å². The molecule has 0 aliphatic carbocycles. The highest BCUT2D eigenvalue weighted by atomic mass is 16.3. The number of benzene rings is 1. The molecule has 3 aromatic rings. The number of amides is 1. The fourth-order valence-corrected chi connectivity index (χ4v) is 2.24. The lowest BCUT2D eigenvalue weighted by molar-refractivity contribution is 0.0946. The number of pyridine rings is 1. The molecule has 5 nitrogen and oxygen atoms in total. The quantitative estimate of drug-likeness (QED) is 0.778. The maximum atomic E-state index is 12.1. The van der Waals surface area contributed by atoms with Crippen molar-refractivity contribution in [3.05, 3.63) is 82.0 Å². The van der Waals surface area contributed by atoms with E-state index in [0.29, 0.717) is 11.5 Å². The summed E-state index contributed by atoms with van der Waals surface area (Å²) in [6, 6.07) is 16.6. The first-order valence-electron chi connectivity index (χ1n) is 7.26. The summed E-state index contributed by atoms with van der Waals surface area (Å²) in [7, 11) is 0. The standard InChI is InChI=1S/C18H16N2O3/c1-12-7-9-15(18(22)20-12)17(21)19-11-14-8-10-16(23-14)13-5-3-2-4-6-13/h2-10H,11H2,1H3,(H,19,21)(H,20,22). The summed E-state index contributed by atoms with van der Waals surface area (Å²) < 4.78 is 5.70. The van der Waals surface area contributed by atoms with Gasteiger partial charge in [-0.25, -0.2) is 0 Å². The number of hydrogen-bond donors (Lipinski definition) is 2. The highest BCUT2D eigenvalue weighted by molar-refractivity contribution is 5.93. The monoisotopic (exact) mass is 308 g/mol. The molecule has 0 aliphatic heterocycles. The van der Waals surface area contributed by atoms with E-state index in [4.69, 9.17) is 4.42 Å². The van der Waals surface area contributed by atoms with Crippen LogP contribution in [0, 0.1) is 6.92 Å². The fourth-order valence-electron chi connectivity index (χ4n) is 2.24. The second-order valence-corrected chi connectivity index (χ2v) is 5.20. The Hall–Kier alpha value is -3.08. The summed E-state index contributed by atoms with van der Waals surface area (Å²) in [4.78, 5) is 26.4. The number of H-pyrrole nitrogens is 1. The van der Waals surface area contributed by atoms with Crippen molar-refractivity contribution in [3.8, 4) is 11.3 Å². The van der Waals surface area contributed by atoms with Crippen LogP contribution in [0.5, 0.6) is 0 Å². The third-order valence-corrected chi connectivity index (χ3v) is 3.44. The Bertz CT molecular complexity index is 879. The van der Waals surface area contributed by atoms with Crippen molar-refractivity contribution in [2.24, 2.45) is 0 Å². The van der Waals surface area contributed by atoms with E-state index in [2.05, 4.69) is 10.3 Å². The van der Waals surface area contributed by atoms with E-state index < -0.39 is 11.5 Å². The van der Waals surface area contributed by atoms with Gasteiger partial charge in [-0.1, -0.05) is 30.3 Å². The molecule has 116 valence electrons. The molecule has 1 aromatic carbocycles. The molecule has 0 aliphatic rings. The van der Waals surface area contributed by atoms with Crippen LogP contribution in [0.25, 0.3) is 11.3 Å². The van der Waals surface area contributed by atoms with Crippen molar-refractivity contribution in [2.45, 2.75) is 13.5 Å². The number of carbonyl (C=O) groups excluding carboxylic acids is 1. The summed E-state index contributed by atoms with van der Waals surface area (Å²) in [5.74, 6) is 0.938. The van der Waals surface area contributed by atoms with Crippen LogP contribution in [0.3, 0.4) is 0 Å². The first kappa shape index (κ1) is 14.8. The van der Waals surface area contributed by atoms with Crippen molar-refractivity contribution in [2.75, 3.05) is 0 Å². The molecule has 2 aromatic heterocycles. The summed E-state index contributed by atoms with van der Waals surface area (Å²) in [5.41, 5.74) is 1.38. The Morgan fingerprint density at radius 1 is 1.09 bits per heavy atom. The molecule has 0 radical (unpaired) electrons. The molecule has 0 atom stereocenters. The molecule has 2 heterocycles. The molecular weight excluding hydrogens is 292 g/mol. The predicted molar refractivity (Wildman–Crippen MR) is 87.1 cm³/mol. The Kier molecular flexibility index (Phi) is 4.10. The van der Waals surface area contributed by atoms with Crippen LogP contribution in [0.4, 0.5) is 0 Å². The van der Waals surface area contributed by atoms with E-state index in [1.807, 2.05) is 42.5 Å². The molecule has 0 saturated heterocycles. The van der Waals surface area contributed by atoms with Gasteiger partial charge >= 0.3 is 0 Å². The topological polar surface area (TPSA) is 75.1 Å². The van der Waals surface area contributed by atoms with E-state index in [1.165, 1.54) is 6.07 Å². The van der Waals surface area contributed by atoms with Gasteiger partial charge < -0.3 is 14.7 Å². The largest absolute Gasteiger partial charge is 0.459 e. The van der Waals surface area contributed by atoms with Gasteiger partial charge in [0.25, 0.3) is 11.5 Å². The first-order valence-corrected chi connectivity index (χ1v) is 7.26. The minimum atomic E-state index is -0.427. The van der Waals surface area contributed by atoms with Crippen LogP contribution < -0.4 is 10.9 Å². The van der Waals surface area contributed by atoms with Gasteiger partial charge in [0.1, 0.15) is 17.1 Å². The number of hydrogen-bond acceptors (Lipinski definition) is 3. The van der Waals surface area contributed by atoms with Crippen LogP contribution in [0.2, 0.25) is 0 Å². The van der Waals surface area contributed by atoms with Crippen LogP contribution >= 0.6 is 0 Å². The Morgan fingerprint density at radius 3 is 2.61 bits per heavy atom. The second kappa shape index (κ2) is 6.36. The third-order valence-electron chi connectivity index (χ3n) is 3.44. The number of aryl methyl sites for hydroxylation is 1. The molecule has 3 rings (SSSR count). The van der Waals surface area contributed by atoms with Crippen LogP contribution in [0.15, 0.2) is 63.8 Å². The van der Waals surface area contributed by atoms with Crippen LogP contribution in [-0.4, -0.2) is 10.9 Å².